The Bertz CT molecular complexity index is 1350. The molecule has 0 saturated carbocycles. The number of carbonyl (C=O) groups excluding carboxylic acids is 1. The molecular formula is C28H29N5O2. The molecule has 2 bridgehead atoms. The molecule has 0 radical (unpaired) electrons. The summed E-state index contributed by atoms with van der Waals surface area (Å²) in [6, 6.07) is 16.2. The van der Waals surface area contributed by atoms with E-state index in [1.807, 2.05) is 48.8 Å². The van der Waals surface area contributed by atoms with Crippen LogP contribution in [-0.2, 0) is 6.42 Å². The molecule has 0 spiro atoms. The highest BCUT2D eigenvalue weighted by Crippen LogP contribution is 2.41. The van der Waals surface area contributed by atoms with Crippen LogP contribution in [0.2, 0.25) is 0 Å². The molecular weight excluding hydrogens is 438 g/mol. The predicted octanol–water partition coefficient (Wildman–Crippen LogP) is 5.34. The second-order valence-electron chi connectivity index (χ2n) is 9.61. The highest BCUT2D eigenvalue weighted by atomic mass is 16.5. The Hall–Kier alpha value is -3.87. The topological polar surface area (TPSA) is 83.1 Å². The number of ether oxygens (including phenoxy) is 1. The lowest BCUT2D eigenvalue weighted by Gasteiger charge is -2.39. The Kier molecular flexibility index (Phi) is 5.60. The van der Waals surface area contributed by atoms with E-state index in [4.69, 9.17) is 4.74 Å². The van der Waals surface area contributed by atoms with Gasteiger partial charge in [-0.2, -0.15) is 0 Å². The smallest absolute Gasteiger partial charge is 0.258 e. The summed E-state index contributed by atoms with van der Waals surface area (Å²) in [5, 5.41) is 4.54. The molecule has 2 fully saturated rings. The molecule has 3 aromatic heterocycles. The third-order valence-corrected chi connectivity index (χ3v) is 7.49. The van der Waals surface area contributed by atoms with E-state index in [-0.39, 0.29) is 18.0 Å². The fourth-order valence-corrected chi connectivity index (χ4v) is 5.95. The van der Waals surface area contributed by atoms with Crippen LogP contribution in [0.15, 0.2) is 67.1 Å². The highest BCUT2D eigenvalue weighted by Gasteiger charge is 2.43. The Balaban J connectivity index is 1.20. The number of fused-ring (bicyclic) bond motifs is 3. The minimum absolute atomic E-state index is 0.0754. The van der Waals surface area contributed by atoms with Gasteiger partial charge in [0.25, 0.3) is 5.91 Å². The number of carbonyl (C=O) groups is 1. The predicted molar refractivity (Wildman–Crippen MR) is 136 cm³/mol. The summed E-state index contributed by atoms with van der Waals surface area (Å²) >= 11 is 0. The molecule has 4 aromatic rings. The summed E-state index contributed by atoms with van der Waals surface area (Å²) in [4.78, 5) is 28.1. The van der Waals surface area contributed by atoms with Crippen LogP contribution in [0.3, 0.4) is 0 Å². The maximum Gasteiger partial charge on any atom is 0.258 e. The van der Waals surface area contributed by atoms with Crippen LogP contribution in [0.1, 0.15) is 41.6 Å². The molecule has 7 nitrogen and oxygen atoms in total. The normalized spacial score (nSPS) is 21.3. The van der Waals surface area contributed by atoms with Crippen molar-refractivity contribution in [2.45, 2.75) is 44.2 Å². The number of nitrogens with zero attached hydrogens (tertiary/aromatic N) is 3. The van der Waals surface area contributed by atoms with Crippen LogP contribution in [0.4, 0.5) is 11.5 Å². The van der Waals surface area contributed by atoms with Gasteiger partial charge in [-0.1, -0.05) is 6.07 Å². The van der Waals surface area contributed by atoms with Gasteiger partial charge < -0.3 is 19.9 Å². The number of amides is 1. The van der Waals surface area contributed by atoms with Crippen molar-refractivity contribution in [2.75, 3.05) is 12.4 Å². The van der Waals surface area contributed by atoms with Crippen LogP contribution in [0.5, 0.6) is 5.75 Å². The molecule has 1 amide bonds. The van der Waals surface area contributed by atoms with E-state index < -0.39 is 0 Å². The molecule has 6 rings (SSSR count). The van der Waals surface area contributed by atoms with Crippen molar-refractivity contribution in [1.82, 2.24) is 19.9 Å². The van der Waals surface area contributed by atoms with E-state index >= 15 is 0 Å². The average Bonchev–Trinajstić information content (AvgIpc) is 3.47. The quantitative estimate of drug-likeness (QED) is 0.400. The van der Waals surface area contributed by atoms with Gasteiger partial charge in [-0.3, -0.25) is 4.79 Å². The Morgan fingerprint density at radius 3 is 2.77 bits per heavy atom. The lowest BCUT2D eigenvalue weighted by Crippen LogP contribution is -2.47. The lowest BCUT2D eigenvalue weighted by molar-refractivity contribution is 0.0525. The van der Waals surface area contributed by atoms with Crippen molar-refractivity contribution in [3.05, 3.63) is 78.2 Å². The summed E-state index contributed by atoms with van der Waals surface area (Å²) in [5.41, 5.74) is 3.75. The standard InChI is InChI=1S/C28H29N5O2/c1-35-23-5-2-4-20(17-23)32-27-25(6-3-11-29-27)28(34)33-21-7-8-22(33)16-18(15-21)14-19-9-12-30-26-24(19)10-13-31-26/h2-6,9-13,17-18,21-22H,7-8,14-16H2,1H3,(H,29,32)(H,30,31). The molecule has 35 heavy (non-hydrogen) atoms. The fraction of sp³-hybridized carbons (Fsp3) is 0.321. The first-order valence-electron chi connectivity index (χ1n) is 12.3. The first-order chi connectivity index (χ1) is 17.2. The van der Waals surface area contributed by atoms with Crippen LogP contribution in [0, 0.1) is 5.92 Å². The molecule has 2 aliphatic rings. The van der Waals surface area contributed by atoms with Gasteiger partial charge in [0.05, 0.1) is 12.7 Å². The maximum atomic E-state index is 13.8. The van der Waals surface area contributed by atoms with Crippen molar-refractivity contribution in [2.24, 2.45) is 5.92 Å². The molecule has 5 heterocycles. The van der Waals surface area contributed by atoms with Crippen LogP contribution >= 0.6 is 0 Å². The molecule has 178 valence electrons. The lowest BCUT2D eigenvalue weighted by atomic mass is 9.85. The summed E-state index contributed by atoms with van der Waals surface area (Å²) in [7, 11) is 1.64. The van der Waals surface area contributed by atoms with E-state index in [1.54, 1.807) is 13.3 Å². The molecule has 7 heteroatoms. The SMILES string of the molecule is COc1cccc(Nc2ncccc2C(=O)N2C3CCC2CC(Cc2ccnc4[nH]ccc24)C3)c1. The molecule has 2 N–H and O–H groups in total. The van der Waals surface area contributed by atoms with Crippen LogP contribution in [-0.4, -0.2) is 45.0 Å². The molecule has 2 aliphatic heterocycles. The van der Waals surface area contributed by atoms with Gasteiger partial charge in [0.15, 0.2) is 0 Å². The second kappa shape index (κ2) is 9.06. The van der Waals surface area contributed by atoms with E-state index in [0.29, 0.717) is 17.3 Å². The number of hydrogen-bond donors (Lipinski definition) is 2. The van der Waals surface area contributed by atoms with Crippen molar-refractivity contribution in [1.29, 1.82) is 0 Å². The van der Waals surface area contributed by atoms with Gasteiger partial charge in [-0.15, -0.1) is 0 Å². The minimum Gasteiger partial charge on any atom is -0.497 e. The van der Waals surface area contributed by atoms with Gasteiger partial charge in [-0.05, 0) is 80.0 Å². The summed E-state index contributed by atoms with van der Waals surface area (Å²) in [6.07, 6.45) is 10.8. The number of pyridine rings is 2. The molecule has 2 atom stereocenters. The monoisotopic (exact) mass is 467 g/mol. The van der Waals surface area contributed by atoms with Crippen molar-refractivity contribution in [3.63, 3.8) is 0 Å². The fourth-order valence-electron chi connectivity index (χ4n) is 5.95. The third kappa shape index (κ3) is 4.11. The number of H-pyrrole nitrogens is 1. The maximum absolute atomic E-state index is 13.8. The number of hydrogen-bond acceptors (Lipinski definition) is 5. The summed E-state index contributed by atoms with van der Waals surface area (Å²) in [6.45, 7) is 0. The largest absolute Gasteiger partial charge is 0.497 e. The van der Waals surface area contributed by atoms with Gasteiger partial charge in [0.2, 0.25) is 0 Å². The van der Waals surface area contributed by atoms with Gasteiger partial charge in [0, 0.05) is 47.8 Å². The van der Waals surface area contributed by atoms with E-state index in [1.165, 1.54) is 10.9 Å². The average molecular weight is 468 g/mol. The highest BCUT2D eigenvalue weighted by molar-refractivity contribution is 6.00. The number of piperidine rings is 1. The number of nitrogens with one attached hydrogen (secondary N) is 2. The zero-order valence-corrected chi connectivity index (χ0v) is 19.8. The number of benzene rings is 1. The summed E-state index contributed by atoms with van der Waals surface area (Å²) in [5.74, 6) is 1.98. The van der Waals surface area contributed by atoms with Crippen LogP contribution in [0.25, 0.3) is 11.0 Å². The number of aromatic amines is 1. The molecule has 2 unspecified atom stereocenters. The van der Waals surface area contributed by atoms with Crippen molar-refractivity contribution in [3.8, 4) is 5.75 Å². The van der Waals surface area contributed by atoms with Gasteiger partial charge in [0.1, 0.15) is 17.2 Å². The molecule has 2 saturated heterocycles. The second-order valence-corrected chi connectivity index (χ2v) is 9.61. The number of aromatic nitrogens is 3. The Morgan fingerprint density at radius 1 is 1.09 bits per heavy atom. The first kappa shape index (κ1) is 21.6. The van der Waals surface area contributed by atoms with Gasteiger partial charge >= 0.3 is 0 Å². The van der Waals surface area contributed by atoms with Crippen molar-refractivity contribution >= 4 is 28.4 Å². The zero-order chi connectivity index (χ0) is 23.8. The third-order valence-electron chi connectivity index (χ3n) is 7.49. The minimum atomic E-state index is 0.0754. The van der Waals surface area contributed by atoms with Crippen LogP contribution < -0.4 is 10.1 Å². The van der Waals surface area contributed by atoms with E-state index in [0.717, 1.165) is 49.2 Å². The first-order valence-corrected chi connectivity index (χ1v) is 12.3. The zero-order valence-electron chi connectivity index (χ0n) is 19.8. The van der Waals surface area contributed by atoms with Crippen molar-refractivity contribution < 1.29 is 9.53 Å². The van der Waals surface area contributed by atoms with E-state index in [9.17, 15) is 4.79 Å². The Labute approximate surface area is 204 Å². The van der Waals surface area contributed by atoms with Gasteiger partial charge in [-0.25, -0.2) is 9.97 Å². The van der Waals surface area contributed by atoms with E-state index in [2.05, 4.69) is 37.3 Å². The Morgan fingerprint density at radius 2 is 1.94 bits per heavy atom. The number of methoxy groups -OCH3 is 1. The molecule has 0 aliphatic carbocycles. The number of anilines is 2. The number of rotatable bonds is 6. The summed E-state index contributed by atoms with van der Waals surface area (Å²) < 4.78 is 5.33. The molecule has 1 aromatic carbocycles.